The number of carbonyl (C=O) groups is 5. The molecule has 2 saturated heterocycles. The second-order valence-electron chi connectivity index (χ2n) is 10.9. The number of nitro benzene ring substituents is 1. The normalized spacial score (nSPS) is 18.9. The van der Waals surface area contributed by atoms with Crippen molar-refractivity contribution in [2.24, 2.45) is 0 Å². The van der Waals surface area contributed by atoms with Crippen LogP contribution in [0.3, 0.4) is 0 Å². The quantitative estimate of drug-likeness (QED) is 0.121. The van der Waals surface area contributed by atoms with Gasteiger partial charge in [0.05, 0.1) is 21.7 Å². The number of piperidine rings is 1. The minimum Gasteiger partial charge on any atom is -0.393 e. The van der Waals surface area contributed by atoms with E-state index in [1.807, 2.05) is 0 Å². The van der Waals surface area contributed by atoms with Crippen LogP contribution in [-0.4, -0.2) is 83.0 Å². The Bertz CT molecular complexity index is 1490. The summed E-state index contributed by atoms with van der Waals surface area (Å²) in [7, 11) is 0. The molecule has 0 aromatic heterocycles. The van der Waals surface area contributed by atoms with Gasteiger partial charge in [0.15, 0.2) is 0 Å². The molecule has 0 bridgehead atoms. The van der Waals surface area contributed by atoms with E-state index in [2.05, 4.69) is 20.4 Å². The molecule has 0 aliphatic carbocycles. The summed E-state index contributed by atoms with van der Waals surface area (Å²) in [6.07, 6.45) is 2.73. The number of hydrogen-bond acceptors (Lipinski definition) is 10. The molecule has 0 spiro atoms. The molecule has 3 aliphatic rings. The van der Waals surface area contributed by atoms with Crippen molar-refractivity contribution >= 4 is 52.3 Å². The number of benzene rings is 2. The van der Waals surface area contributed by atoms with Crippen LogP contribution in [0.15, 0.2) is 36.4 Å². The maximum absolute atomic E-state index is 13.2. The van der Waals surface area contributed by atoms with E-state index in [4.69, 9.17) is 5.73 Å². The second-order valence-corrected chi connectivity index (χ2v) is 10.9. The molecular weight excluding hydrogens is 558 g/mol. The monoisotopic (exact) mass is 591 g/mol. The zero-order valence-corrected chi connectivity index (χ0v) is 23.5. The van der Waals surface area contributed by atoms with E-state index in [1.165, 1.54) is 12.1 Å². The Morgan fingerprint density at radius 2 is 1.79 bits per heavy atom. The van der Waals surface area contributed by atoms with Crippen LogP contribution in [0.1, 0.15) is 59.2 Å². The van der Waals surface area contributed by atoms with Crippen LogP contribution < -0.4 is 21.3 Å². The Kier molecular flexibility index (Phi) is 8.66. The molecule has 5 rings (SSSR count). The van der Waals surface area contributed by atoms with E-state index in [0.29, 0.717) is 6.42 Å². The first-order valence-corrected chi connectivity index (χ1v) is 14.3. The number of anilines is 3. The van der Waals surface area contributed by atoms with Crippen LogP contribution in [-0.2, 0) is 14.4 Å². The topological polar surface area (TPSA) is 188 Å². The number of nitrogens with one attached hydrogen (secondary N) is 2. The molecule has 1 atom stereocenters. The fourth-order valence-electron chi connectivity index (χ4n) is 5.76. The number of nitrogen functional groups attached to an aromatic ring is 1. The summed E-state index contributed by atoms with van der Waals surface area (Å²) in [5, 5.41) is 15.9. The van der Waals surface area contributed by atoms with E-state index in [9.17, 15) is 34.1 Å². The summed E-state index contributed by atoms with van der Waals surface area (Å²) in [5.41, 5.74) is 7.16. The fraction of sp³-hybridized carbons (Fsp3) is 0.414. The van der Waals surface area contributed by atoms with Gasteiger partial charge in [-0.25, -0.2) is 0 Å². The lowest BCUT2D eigenvalue weighted by Crippen LogP contribution is -2.54. The SMILES string of the molecule is Nc1cc(N2CCN(CCCCCC(=O)Nc3cccc4c3C(=O)N(C3CCC(=O)NC3=O)C4=O)CC2)ccc1[N+](=O)[O-]. The third kappa shape index (κ3) is 6.33. The summed E-state index contributed by atoms with van der Waals surface area (Å²) in [4.78, 5) is 78.6. The number of piperazine rings is 1. The third-order valence-electron chi connectivity index (χ3n) is 8.07. The highest BCUT2D eigenvalue weighted by Crippen LogP contribution is 2.32. The van der Waals surface area contributed by atoms with Crippen molar-refractivity contribution in [2.75, 3.05) is 48.7 Å². The molecule has 226 valence electrons. The van der Waals surface area contributed by atoms with Gasteiger partial charge in [0.1, 0.15) is 11.7 Å². The molecule has 2 aromatic carbocycles. The summed E-state index contributed by atoms with van der Waals surface area (Å²) in [5.74, 6) is -2.69. The van der Waals surface area contributed by atoms with Gasteiger partial charge in [-0.2, -0.15) is 0 Å². The van der Waals surface area contributed by atoms with Gasteiger partial charge >= 0.3 is 0 Å². The number of imide groups is 2. The number of rotatable bonds is 10. The Morgan fingerprint density at radius 3 is 2.49 bits per heavy atom. The van der Waals surface area contributed by atoms with Gasteiger partial charge in [-0.05, 0) is 50.1 Å². The van der Waals surface area contributed by atoms with E-state index in [1.54, 1.807) is 24.3 Å². The lowest BCUT2D eigenvalue weighted by atomic mass is 10.0. The highest BCUT2D eigenvalue weighted by atomic mass is 16.6. The number of fused-ring (bicyclic) bond motifs is 1. The molecule has 3 heterocycles. The van der Waals surface area contributed by atoms with E-state index in [-0.39, 0.29) is 53.4 Å². The molecule has 4 N–H and O–H groups in total. The minimum absolute atomic E-state index is 0.0291. The lowest BCUT2D eigenvalue weighted by Gasteiger charge is -2.36. The first-order chi connectivity index (χ1) is 20.6. The number of nitrogens with zero attached hydrogens (tertiary/aromatic N) is 4. The van der Waals surface area contributed by atoms with Gasteiger partial charge in [-0.3, -0.25) is 49.2 Å². The van der Waals surface area contributed by atoms with Crippen LogP contribution in [0.25, 0.3) is 0 Å². The molecule has 5 amide bonds. The van der Waals surface area contributed by atoms with Crippen molar-refractivity contribution in [1.29, 1.82) is 0 Å². The summed E-state index contributed by atoms with van der Waals surface area (Å²) < 4.78 is 0. The van der Waals surface area contributed by atoms with Gasteiger partial charge in [-0.1, -0.05) is 12.5 Å². The predicted octanol–water partition coefficient (Wildman–Crippen LogP) is 1.90. The largest absolute Gasteiger partial charge is 0.393 e. The molecule has 0 radical (unpaired) electrons. The lowest BCUT2D eigenvalue weighted by molar-refractivity contribution is -0.383. The first kappa shape index (κ1) is 29.6. The zero-order valence-electron chi connectivity index (χ0n) is 23.5. The minimum atomic E-state index is -1.07. The average molecular weight is 592 g/mol. The molecule has 43 heavy (non-hydrogen) atoms. The van der Waals surface area contributed by atoms with Gasteiger partial charge in [0, 0.05) is 50.8 Å². The second kappa shape index (κ2) is 12.6. The van der Waals surface area contributed by atoms with E-state index >= 15 is 0 Å². The number of hydrogen-bond donors (Lipinski definition) is 3. The summed E-state index contributed by atoms with van der Waals surface area (Å²) >= 11 is 0. The molecular formula is C29H33N7O7. The number of carbonyl (C=O) groups excluding carboxylic acids is 5. The molecule has 14 heteroatoms. The Balaban J connectivity index is 1.05. The summed E-state index contributed by atoms with van der Waals surface area (Å²) in [6.45, 7) is 4.14. The van der Waals surface area contributed by atoms with Crippen LogP contribution in [0.5, 0.6) is 0 Å². The molecule has 14 nitrogen and oxygen atoms in total. The van der Waals surface area contributed by atoms with Gasteiger partial charge in [0.25, 0.3) is 17.5 Å². The van der Waals surface area contributed by atoms with Crippen molar-refractivity contribution in [2.45, 2.75) is 44.6 Å². The maximum atomic E-state index is 13.2. The first-order valence-electron chi connectivity index (χ1n) is 14.3. The third-order valence-corrected chi connectivity index (χ3v) is 8.07. The number of unbranched alkanes of at least 4 members (excludes halogenated alkanes) is 2. The number of nitro groups is 1. The van der Waals surface area contributed by atoms with Gasteiger partial charge in [-0.15, -0.1) is 0 Å². The zero-order chi connectivity index (χ0) is 30.7. The molecule has 2 fully saturated rings. The molecule has 3 aliphatic heterocycles. The number of nitrogens with two attached hydrogens (primary N) is 1. The van der Waals surface area contributed by atoms with Crippen LogP contribution in [0.4, 0.5) is 22.7 Å². The molecule has 1 unspecified atom stereocenters. The highest BCUT2D eigenvalue weighted by Gasteiger charge is 2.45. The highest BCUT2D eigenvalue weighted by molar-refractivity contribution is 6.26. The maximum Gasteiger partial charge on any atom is 0.292 e. The van der Waals surface area contributed by atoms with Gasteiger partial charge < -0.3 is 16.0 Å². The Labute approximate surface area is 247 Å². The van der Waals surface area contributed by atoms with E-state index in [0.717, 1.165) is 56.2 Å². The fourth-order valence-corrected chi connectivity index (χ4v) is 5.76. The number of amides is 5. The van der Waals surface area contributed by atoms with Crippen molar-refractivity contribution in [1.82, 2.24) is 15.1 Å². The van der Waals surface area contributed by atoms with Gasteiger partial charge in [0.2, 0.25) is 17.7 Å². The molecule has 0 saturated carbocycles. The van der Waals surface area contributed by atoms with Crippen molar-refractivity contribution in [3.8, 4) is 0 Å². The molecule has 2 aromatic rings. The van der Waals surface area contributed by atoms with Crippen molar-refractivity contribution in [3.05, 3.63) is 57.6 Å². The standard InChI is InChI=1S/C29H33N7O7/c30-20-17-18(8-9-22(20)36(42)43)34-15-13-33(14-16-34)12-3-1-2-7-24(37)31-21-6-4-5-19-26(21)29(41)35(28(19)40)23-10-11-25(38)32-27(23)39/h4-6,8-9,17,23H,1-3,7,10-16,30H2,(H,31,37)(H,32,38,39). The average Bonchev–Trinajstić information content (AvgIpc) is 3.23. The van der Waals surface area contributed by atoms with Crippen molar-refractivity contribution in [3.63, 3.8) is 0 Å². The Hall–Kier alpha value is -4.85. The smallest absolute Gasteiger partial charge is 0.292 e. The van der Waals surface area contributed by atoms with Crippen LogP contribution in [0.2, 0.25) is 0 Å². The van der Waals surface area contributed by atoms with Crippen molar-refractivity contribution < 1.29 is 28.9 Å². The Morgan fingerprint density at radius 1 is 1.02 bits per heavy atom. The van der Waals surface area contributed by atoms with E-state index < -0.39 is 34.6 Å². The predicted molar refractivity (Wildman–Crippen MR) is 156 cm³/mol. The van der Waals surface area contributed by atoms with Crippen LogP contribution >= 0.6 is 0 Å². The van der Waals surface area contributed by atoms with Crippen LogP contribution in [0, 0.1) is 10.1 Å². The summed E-state index contributed by atoms with van der Waals surface area (Å²) in [6, 6.07) is 8.35.